The van der Waals surface area contributed by atoms with Crippen molar-refractivity contribution in [1.82, 2.24) is 4.68 Å². The van der Waals surface area contributed by atoms with E-state index in [9.17, 15) is 0 Å². The van der Waals surface area contributed by atoms with Crippen molar-refractivity contribution in [3.05, 3.63) is 17.5 Å². The third-order valence-electron chi connectivity index (χ3n) is 3.92. The van der Waals surface area contributed by atoms with Gasteiger partial charge in [-0.3, -0.25) is 0 Å². The highest BCUT2D eigenvalue weighted by atomic mass is 15.4. The van der Waals surface area contributed by atoms with Crippen LogP contribution < -0.4 is 4.68 Å². The molecule has 0 N–H and O–H groups in total. The van der Waals surface area contributed by atoms with Gasteiger partial charge in [-0.25, -0.2) is 0 Å². The highest BCUT2D eigenvalue weighted by Gasteiger charge is 2.11. The molecule has 0 fully saturated rings. The van der Waals surface area contributed by atoms with Gasteiger partial charge in [0.15, 0.2) is 7.05 Å². The molecule has 104 valence electrons. The Balaban J connectivity index is 2.11. The molecule has 0 bridgehead atoms. The molecule has 0 amide bonds. The second kappa shape index (κ2) is 8.34. The Bertz CT molecular complexity index is 339. The molecule has 0 aliphatic carbocycles. The third-order valence-corrected chi connectivity index (χ3v) is 3.92. The minimum Gasteiger partial charge on any atom is -0.158 e. The zero-order valence-electron chi connectivity index (χ0n) is 12.8. The van der Waals surface area contributed by atoms with Crippen LogP contribution in [0.3, 0.4) is 0 Å². The molecule has 1 aromatic rings. The van der Waals surface area contributed by atoms with E-state index in [1.165, 1.54) is 69.3 Å². The van der Waals surface area contributed by atoms with E-state index in [0.29, 0.717) is 0 Å². The molecule has 2 nitrogen and oxygen atoms in total. The van der Waals surface area contributed by atoms with E-state index < -0.39 is 0 Å². The molecule has 1 heterocycles. The van der Waals surface area contributed by atoms with Crippen molar-refractivity contribution in [2.24, 2.45) is 7.05 Å². The van der Waals surface area contributed by atoms with E-state index in [2.05, 4.69) is 43.2 Å². The van der Waals surface area contributed by atoms with Crippen molar-refractivity contribution in [2.75, 3.05) is 0 Å². The van der Waals surface area contributed by atoms with Gasteiger partial charge in [0.05, 0.1) is 12.2 Å². The SMILES string of the molecule is CCCCCCCCCCn1c(C)cc(C)[n+]1C. The Labute approximate surface area is 113 Å². The van der Waals surface area contributed by atoms with Crippen LogP contribution in [0.25, 0.3) is 0 Å². The van der Waals surface area contributed by atoms with Crippen LogP contribution in [0, 0.1) is 13.8 Å². The number of hydrogen-bond donors (Lipinski definition) is 0. The molecule has 0 aromatic carbocycles. The summed E-state index contributed by atoms with van der Waals surface area (Å²) in [5.41, 5.74) is 2.74. The van der Waals surface area contributed by atoms with Gasteiger partial charge in [0.1, 0.15) is 0 Å². The summed E-state index contributed by atoms with van der Waals surface area (Å²) in [5.74, 6) is 0. The van der Waals surface area contributed by atoms with Crippen molar-refractivity contribution < 1.29 is 4.68 Å². The smallest absolute Gasteiger partial charge is 0.158 e. The minimum atomic E-state index is 1.17. The summed E-state index contributed by atoms with van der Waals surface area (Å²) in [4.78, 5) is 0. The number of hydrogen-bond acceptors (Lipinski definition) is 0. The maximum Gasteiger partial charge on any atom is 0.204 e. The van der Waals surface area contributed by atoms with Crippen LogP contribution >= 0.6 is 0 Å². The second-order valence-corrected chi connectivity index (χ2v) is 5.55. The van der Waals surface area contributed by atoms with E-state index >= 15 is 0 Å². The van der Waals surface area contributed by atoms with Gasteiger partial charge in [-0.15, -0.1) is 4.68 Å². The monoisotopic (exact) mass is 251 g/mol. The summed E-state index contributed by atoms with van der Waals surface area (Å²) in [5, 5.41) is 0. The van der Waals surface area contributed by atoms with Crippen LogP contribution in [0.1, 0.15) is 69.7 Å². The summed E-state index contributed by atoms with van der Waals surface area (Å²) in [6.45, 7) is 7.83. The lowest BCUT2D eigenvalue weighted by molar-refractivity contribution is -0.759. The number of aryl methyl sites for hydroxylation is 2. The molecular weight excluding hydrogens is 220 g/mol. The topological polar surface area (TPSA) is 8.81 Å². The van der Waals surface area contributed by atoms with Gasteiger partial charge in [-0.1, -0.05) is 51.9 Å². The van der Waals surface area contributed by atoms with Gasteiger partial charge in [0, 0.05) is 13.0 Å². The quantitative estimate of drug-likeness (QED) is 0.462. The zero-order chi connectivity index (χ0) is 13.4. The Kier molecular flexibility index (Phi) is 7.07. The highest BCUT2D eigenvalue weighted by Crippen LogP contribution is 2.09. The fourth-order valence-corrected chi connectivity index (χ4v) is 2.62. The van der Waals surface area contributed by atoms with Crippen LogP contribution in [-0.4, -0.2) is 4.68 Å². The molecule has 0 unspecified atom stereocenters. The summed E-state index contributed by atoms with van der Waals surface area (Å²) in [6.07, 6.45) is 11.2. The molecule has 0 spiro atoms. The molecule has 0 aliphatic heterocycles. The summed E-state index contributed by atoms with van der Waals surface area (Å²) in [7, 11) is 2.16. The van der Waals surface area contributed by atoms with Crippen molar-refractivity contribution in [3.63, 3.8) is 0 Å². The van der Waals surface area contributed by atoms with E-state index in [0.717, 1.165) is 0 Å². The summed E-state index contributed by atoms with van der Waals surface area (Å²) >= 11 is 0. The maximum atomic E-state index is 2.40. The standard InChI is InChI=1S/C16H31N2/c1-5-6-7-8-9-10-11-12-13-18-16(3)14-15(2)17(18)4/h14H,5-13H2,1-4H3/q+1. The van der Waals surface area contributed by atoms with Crippen LogP contribution in [-0.2, 0) is 13.6 Å². The van der Waals surface area contributed by atoms with Crippen LogP contribution in [0.4, 0.5) is 0 Å². The largest absolute Gasteiger partial charge is 0.204 e. The first kappa shape index (κ1) is 15.3. The van der Waals surface area contributed by atoms with Crippen molar-refractivity contribution in [1.29, 1.82) is 0 Å². The first-order chi connectivity index (χ1) is 8.66. The third kappa shape index (κ3) is 4.83. The first-order valence-electron chi connectivity index (χ1n) is 7.70. The van der Waals surface area contributed by atoms with E-state index in [1.807, 2.05) is 0 Å². The highest BCUT2D eigenvalue weighted by molar-refractivity contribution is 5.01. The maximum absolute atomic E-state index is 2.40. The van der Waals surface area contributed by atoms with Gasteiger partial charge in [0.25, 0.3) is 0 Å². The number of unbranched alkanes of at least 4 members (excludes halogenated alkanes) is 7. The lowest BCUT2D eigenvalue weighted by atomic mass is 10.1. The fourth-order valence-electron chi connectivity index (χ4n) is 2.62. The Morgan fingerprint density at radius 1 is 0.944 bits per heavy atom. The normalized spacial score (nSPS) is 11.1. The van der Waals surface area contributed by atoms with Crippen molar-refractivity contribution in [3.8, 4) is 0 Å². The molecular formula is C16H31N2+. The Morgan fingerprint density at radius 3 is 2.00 bits per heavy atom. The number of aromatic nitrogens is 2. The molecule has 18 heavy (non-hydrogen) atoms. The summed E-state index contributed by atoms with van der Waals surface area (Å²) < 4.78 is 4.67. The Morgan fingerprint density at radius 2 is 1.50 bits per heavy atom. The average molecular weight is 251 g/mol. The molecule has 0 radical (unpaired) electrons. The van der Waals surface area contributed by atoms with Crippen LogP contribution in [0.2, 0.25) is 0 Å². The molecule has 1 aromatic heterocycles. The lowest BCUT2D eigenvalue weighted by Gasteiger charge is -2.04. The number of nitrogens with zero attached hydrogens (tertiary/aromatic N) is 2. The van der Waals surface area contributed by atoms with Gasteiger partial charge in [-0.2, -0.15) is 4.68 Å². The van der Waals surface area contributed by atoms with Crippen LogP contribution in [0.5, 0.6) is 0 Å². The second-order valence-electron chi connectivity index (χ2n) is 5.55. The first-order valence-corrected chi connectivity index (χ1v) is 7.70. The van der Waals surface area contributed by atoms with Gasteiger partial charge >= 0.3 is 0 Å². The number of rotatable bonds is 9. The average Bonchev–Trinajstić information content (AvgIpc) is 2.58. The Hall–Kier alpha value is -0.790. The zero-order valence-corrected chi connectivity index (χ0v) is 12.8. The van der Waals surface area contributed by atoms with Gasteiger partial charge in [-0.05, 0) is 13.3 Å². The predicted molar refractivity (Wildman–Crippen MR) is 77.7 cm³/mol. The van der Waals surface area contributed by atoms with Gasteiger partial charge in [0.2, 0.25) is 5.69 Å². The summed E-state index contributed by atoms with van der Waals surface area (Å²) in [6, 6.07) is 2.27. The van der Waals surface area contributed by atoms with Gasteiger partial charge < -0.3 is 0 Å². The van der Waals surface area contributed by atoms with E-state index in [-0.39, 0.29) is 0 Å². The molecule has 1 rings (SSSR count). The van der Waals surface area contributed by atoms with Crippen molar-refractivity contribution >= 4 is 0 Å². The molecule has 0 atom stereocenters. The van der Waals surface area contributed by atoms with E-state index in [4.69, 9.17) is 0 Å². The van der Waals surface area contributed by atoms with Crippen LogP contribution in [0.15, 0.2) is 6.07 Å². The molecule has 0 aliphatic rings. The van der Waals surface area contributed by atoms with E-state index in [1.54, 1.807) is 0 Å². The molecule has 0 saturated carbocycles. The minimum absolute atomic E-state index is 1.17. The predicted octanol–water partition coefficient (Wildman–Crippen LogP) is 4.07. The lowest BCUT2D eigenvalue weighted by Crippen LogP contribution is -2.41. The molecule has 2 heteroatoms. The molecule has 0 saturated heterocycles. The fraction of sp³-hybridized carbons (Fsp3) is 0.812. The van der Waals surface area contributed by atoms with Crippen molar-refractivity contribution in [2.45, 2.75) is 78.7 Å².